The molecule has 2 N–H and O–H groups in total. The molecule has 2 aromatic carbocycles. The predicted molar refractivity (Wildman–Crippen MR) is 98.0 cm³/mol. The highest BCUT2D eigenvalue weighted by atomic mass is 32.1. The number of hydrogen-bond acceptors (Lipinski definition) is 3. The second-order valence-corrected chi connectivity index (χ2v) is 7.42. The molecule has 4 heteroatoms. The third kappa shape index (κ3) is 2.76. The van der Waals surface area contributed by atoms with Crippen molar-refractivity contribution < 1.29 is 14.7 Å². The van der Waals surface area contributed by atoms with Crippen LogP contribution in [0.1, 0.15) is 29.3 Å². The maximum atomic E-state index is 10.5. The first-order valence-corrected chi connectivity index (χ1v) is 9.31. The smallest absolute Gasteiger partial charge is 0.125 e. The lowest BCUT2D eigenvalue weighted by molar-refractivity contribution is -0.931. The first-order chi connectivity index (χ1) is 11.8. The molecule has 3 nitrogen and oxygen atoms in total. The minimum absolute atomic E-state index is 0.389. The van der Waals surface area contributed by atoms with Gasteiger partial charge in [-0.05, 0) is 40.4 Å². The predicted octanol–water partition coefficient (Wildman–Crippen LogP) is 3.54. The fourth-order valence-corrected chi connectivity index (χ4v) is 4.77. The fourth-order valence-electron chi connectivity index (χ4n) is 3.85. The molecule has 1 saturated heterocycles. The van der Waals surface area contributed by atoms with E-state index >= 15 is 0 Å². The molecule has 24 heavy (non-hydrogen) atoms. The summed E-state index contributed by atoms with van der Waals surface area (Å²) in [6, 6.07) is 14.8. The average Bonchev–Trinajstić information content (AvgIpc) is 3.28. The number of thiophene rings is 1. The van der Waals surface area contributed by atoms with E-state index in [4.69, 9.17) is 4.74 Å². The van der Waals surface area contributed by atoms with Gasteiger partial charge in [0.2, 0.25) is 0 Å². The summed E-state index contributed by atoms with van der Waals surface area (Å²) in [6.07, 6.45) is 2.47. The first kappa shape index (κ1) is 15.5. The van der Waals surface area contributed by atoms with Gasteiger partial charge in [0, 0.05) is 12.8 Å². The van der Waals surface area contributed by atoms with E-state index in [1.807, 2.05) is 35.6 Å². The second-order valence-electron chi connectivity index (χ2n) is 6.45. The maximum absolute atomic E-state index is 10.5. The summed E-state index contributed by atoms with van der Waals surface area (Å²) in [4.78, 5) is 3.00. The van der Waals surface area contributed by atoms with Crippen molar-refractivity contribution in [1.29, 1.82) is 0 Å². The van der Waals surface area contributed by atoms with Gasteiger partial charge >= 0.3 is 0 Å². The number of hydrogen-bond donors (Lipinski definition) is 2. The highest BCUT2D eigenvalue weighted by Crippen LogP contribution is 2.31. The number of methoxy groups -OCH3 is 1. The van der Waals surface area contributed by atoms with E-state index in [0.29, 0.717) is 11.8 Å². The number of ether oxygens (including phenoxy) is 1. The van der Waals surface area contributed by atoms with Gasteiger partial charge < -0.3 is 14.7 Å². The van der Waals surface area contributed by atoms with Gasteiger partial charge in [-0.15, -0.1) is 11.3 Å². The Bertz CT molecular complexity index is 844. The van der Waals surface area contributed by atoms with Gasteiger partial charge in [0.15, 0.2) is 0 Å². The number of phenols is 1. The highest BCUT2D eigenvalue weighted by molar-refractivity contribution is 7.10. The molecule has 1 aliphatic heterocycles. The summed E-state index contributed by atoms with van der Waals surface area (Å²) in [5, 5.41) is 14.9. The minimum Gasteiger partial charge on any atom is -0.507 e. The Morgan fingerprint density at radius 3 is 2.92 bits per heavy atom. The molecule has 1 unspecified atom stereocenters. The van der Waals surface area contributed by atoms with Crippen molar-refractivity contribution in [1.82, 2.24) is 0 Å². The lowest BCUT2D eigenvalue weighted by atomic mass is 10.0. The van der Waals surface area contributed by atoms with Gasteiger partial charge in [-0.25, -0.2) is 0 Å². The molecule has 1 aromatic heterocycles. The standard InChI is InChI=1S/C20H21NO2S/c1-23-15-8-6-14-7-9-19(22)17(16(14)12-15)13-21-10-2-4-18(21)20-5-3-11-24-20/h3,5-9,11-12,18,22H,2,4,10,13H2,1H3/p+1/t18-/m1/s1. The Hall–Kier alpha value is -2.04. The number of phenolic OH excluding ortho intramolecular Hbond substituents is 1. The summed E-state index contributed by atoms with van der Waals surface area (Å²) < 4.78 is 5.38. The zero-order valence-corrected chi connectivity index (χ0v) is 14.6. The van der Waals surface area contributed by atoms with E-state index in [9.17, 15) is 5.11 Å². The van der Waals surface area contributed by atoms with Crippen LogP contribution >= 0.6 is 11.3 Å². The molecular formula is C20H22NO2S+. The van der Waals surface area contributed by atoms with Crippen molar-refractivity contribution in [3.05, 3.63) is 58.3 Å². The van der Waals surface area contributed by atoms with Gasteiger partial charge in [0.25, 0.3) is 0 Å². The monoisotopic (exact) mass is 340 g/mol. The van der Waals surface area contributed by atoms with E-state index < -0.39 is 0 Å². The summed E-state index contributed by atoms with van der Waals surface area (Å²) in [5.41, 5.74) is 1.03. The number of nitrogens with one attached hydrogen (secondary N) is 1. The van der Waals surface area contributed by atoms with Gasteiger partial charge in [-0.2, -0.15) is 0 Å². The van der Waals surface area contributed by atoms with E-state index in [-0.39, 0.29) is 0 Å². The molecule has 0 bridgehead atoms. The Balaban J connectivity index is 1.72. The van der Waals surface area contributed by atoms with Gasteiger partial charge in [-0.3, -0.25) is 0 Å². The van der Waals surface area contributed by atoms with Crippen LogP contribution in [0.15, 0.2) is 47.8 Å². The van der Waals surface area contributed by atoms with E-state index in [2.05, 4.69) is 23.6 Å². The van der Waals surface area contributed by atoms with Crippen LogP contribution in [0.25, 0.3) is 10.8 Å². The molecule has 0 spiro atoms. The quantitative estimate of drug-likeness (QED) is 0.762. The number of quaternary nitrogens is 1. The third-order valence-corrected chi connectivity index (χ3v) is 6.08. The second kappa shape index (κ2) is 6.46. The van der Waals surface area contributed by atoms with Crippen LogP contribution in [0.4, 0.5) is 0 Å². The van der Waals surface area contributed by atoms with Crippen molar-refractivity contribution in [2.24, 2.45) is 0 Å². The fraction of sp³-hybridized carbons (Fsp3) is 0.300. The SMILES string of the molecule is COc1ccc2ccc(O)c(C[NH+]3CCC[C@@H]3c3cccs3)c2c1. The van der Waals surface area contributed by atoms with Crippen LogP contribution in [0.5, 0.6) is 11.5 Å². The van der Waals surface area contributed by atoms with E-state index in [1.54, 1.807) is 12.0 Å². The van der Waals surface area contributed by atoms with Crippen molar-refractivity contribution in [3.8, 4) is 11.5 Å². The first-order valence-electron chi connectivity index (χ1n) is 8.43. The lowest BCUT2D eigenvalue weighted by Gasteiger charge is -2.22. The molecule has 124 valence electrons. The molecule has 4 rings (SSSR count). The molecule has 2 heterocycles. The van der Waals surface area contributed by atoms with Crippen LogP contribution in [0, 0.1) is 0 Å². The molecule has 3 aromatic rings. The summed E-state index contributed by atoms with van der Waals surface area (Å²) in [7, 11) is 1.68. The van der Waals surface area contributed by atoms with Gasteiger partial charge in [0.1, 0.15) is 24.1 Å². The Labute approximate surface area is 146 Å². The number of rotatable bonds is 4. The third-order valence-electron chi connectivity index (χ3n) is 5.09. The normalized spacial score (nSPS) is 20.5. The maximum Gasteiger partial charge on any atom is 0.125 e. The van der Waals surface area contributed by atoms with Crippen LogP contribution < -0.4 is 9.64 Å². The lowest BCUT2D eigenvalue weighted by Crippen LogP contribution is -3.08. The van der Waals surface area contributed by atoms with Crippen LogP contribution in [0.3, 0.4) is 0 Å². The van der Waals surface area contributed by atoms with Crippen LogP contribution in [0.2, 0.25) is 0 Å². The molecule has 1 fully saturated rings. The molecule has 0 saturated carbocycles. The molecular weight excluding hydrogens is 318 g/mol. The highest BCUT2D eigenvalue weighted by Gasteiger charge is 2.31. The Morgan fingerprint density at radius 2 is 2.12 bits per heavy atom. The number of likely N-dealkylation sites (tertiary alicyclic amines) is 1. The summed E-state index contributed by atoms with van der Waals surface area (Å²) >= 11 is 1.85. The zero-order chi connectivity index (χ0) is 16.5. The minimum atomic E-state index is 0.389. The van der Waals surface area contributed by atoms with Crippen molar-refractivity contribution in [2.45, 2.75) is 25.4 Å². The topological polar surface area (TPSA) is 33.9 Å². The average molecular weight is 340 g/mol. The number of fused-ring (bicyclic) bond motifs is 1. The van der Waals surface area contributed by atoms with Crippen LogP contribution in [-0.2, 0) is 6.54 Å². The molecule has 0 amide bonds. The van der Waals surface area contributed by atoms with E-state index in [0.717, 1.165) is 35.2 Å². The number of benzene rings is 2. The van der Waals surface area contributed by atoms with E-state index in [1.165, 1.54) is 17.7 Å². The summed E-state index contributed by atoms with van der Waals surface area (Å²) in [6.45, 7) is 2.00. The van der Waals surface area contributed by atoms with Crippen LogP contribution in [-0.4, -0.2) is 18.8 Å². The van der Waals surface area contributed by atoms with Gasteiger partial charge in [0.05, 0.1) is 24.1 Å². The Morgan fingerprint density at radius 1 is 1.25 bits per heavy atom. The summed E-state index contributed by atoms with van der Waals surface area (Å²) in [5.74, 6) is 1.22. The van der Waals surface area contributed by atoms with Gasteiger partial charge in [-0.1, -0.05) is 18.2 Å². The molecule has 1 aliphatic rings. The van der Waals surface area contributed by atoms with Crippen molar-refractivity contribution in [2.75, 3.05) is 13.7 Å². The molecule has 0 aliphatic carbocycles. The number of aromatic hydroxyl groups is 1. The van der Waals surface area contributed by atoms with Crippen molar-refractivity contribution >= 4 is 22.1 Å². The Kier molecular flexibility index (Phi) is 4.17. The molecule has 2 atom stereocenters. The molecule has 0 radical (unpaired) electrons. The van der Waals surface area contributed by atoms with Crippen molar-refractivity contribution in [3.63, 3.8) is 0 Å². The zero-order valence-electron chi connectivity index (χ0n) is 13.8. The largest absolute Gasteiger partial charge is 0.507 e.